The molecule has 0 bridgehead atoms. The standard InChI is InChI=1S/C14H29BFO6P/c1-5-13(4,8-9-11(17)10(16)12(15)21-9)22-23(19,20)14(18,6-2)7-3/h9-12,17-18H,5-8,15H2,1-4H3,(H,19,20)/t9-,10-,11-,12-,13?/m1/s1. The van der Waals surface area contributed by atoms with Crippen LogP contribution in [0.1, 0.15) is 53.4 Å². The van der Waals surface area contributed by atoms with Gasteiger partial charge in [0.1, 0.15) is 20.1 Å². The number of ether oxygens (including phenoxy) is 1. The normalized spacial score (nSPS) is 34.1. The van der Waals surface area contributed by atoms with Gasteiger partial charge in [0.2, 0.25) is 0 Å². The maximum atomic E-state index is 13.7. The molecular weight excluding hydrogens is 325 g/mol. The van der Waals surface area contributed by atoms with Crippen LogP contribution >= 0.6 is 7.60 Å². The fourth-order valence-corrected chi connectivity index (χ4v) is 4.56. The fourth-order valence-electron chi connectivity index (χ4n) is 2.79. The molecule has 0 aromatic carbocycles. The molecule has 3 N–H and O–H groups in total. The summed E-state index contributed by atoms with van der Waals surface area (Å²) in [5.74, 6) is 0. The Kier molecular flexibility index (Phi) is 6.87. The van der Waals surface area contributed by atoms with Crippen molar-refractivity contribution in [3.8, 4) is 0 Å². The van der Waals surface area contributed by atoms with Gasteiger partial charge in [-0.25, -0.2) is 4.39 Å². The molecule has 1 aliphatic heterocycles. The van der Waals surface area contributed by atoms with Gasteiger partial charge in [-0.2, -0.15) is 0 Å². The van der Waals surface area contributed by atoms with Crippen LogP contribution in [0.15, 0.2) is 0 Å². The summed E-state index contributed by atoms with van der Waals surface area (Å²) in [5.41, 5.74) is -1.13. The van der Waals surface area contributed by atoms with Crippen molar-refractivity contribution in [2.75, 3.05) is 0 Å². The summed E-state index contributed by atoms with van der Waals surface area (Å²) in [7, 11) is -2.81. The van der Waals surface area contributed by atoms with Crippen LogP contribution in [0, 0.1) is 0 Å². The van der Waals surface area contributed by atoms with Gasteiger partial charge in [-0.3, -0.25) is 4.57 Å². The van der Waals surface area contributed by atoms with Gasteiger partial charge in [0.15, 0.2) is 5.34 Å². The van der Waals surface area contributed by atoms with E-state index in [0.717, 1.165) is 0 Å². The molecule has 0 spiro atoms. The van der Waals surface area contributed by atoms with Crippen LogP contribution in [-0.4, -0.2) is 58.3 Å². The highest BCUT2D eigenvalue weighted by molar-refractivity contribution is 7.54. The van der Waals surface area contributed by atoms with E-state index in [1.165, 1.54) is 7.85 Å². The van der Waals surface area contributed by atoms with E-state index in [4.69, 9.17) is 9.26 Å². The topological polar surface area (TPSA) is 96.2 Å². The van der Waals surface area contributed by atoms with E-state index < -0.39 is 42.9 Å². The molecule has 0 aliphatic carbocycles. The molecule has 0 amide bonds. The first kappa shape index (κ1) is 21.1. The van der Waals surface area contributed by atoms with Gasteiger partial charge in [0.25, 0.3) is 0 Å². The smallest absolute Gasteiger partial charge is 0.359 e. The van der Waals surface area contributed by atoms with Crippen molar-refractivity contribution in [3.05, 3.63) is 0 Å². The number of aliphatic hydroxyl groups excluding tert-OH is 1. The van der Waals surface area contributed by atoms with Gasteiger partial charge in [0.05, 0.1) is 17.7 Å². The lowest BCUT2D eigenvalue weighted by Crippen LogP contribution is -2.40. The van der Waals surface area contributed by atoms with E-state index in [1.54, 1.807) is 27.7 Å². The number of alkyl halides is 1. The van der Waals surface area contributed by atoms with E-state index in [-0.39, 0.29) is 19.3 Å². The number of rotatable bonds is 8. The van der Waals surface area contributed by atoms with Gasteiger partial charge >= 0.3 is 7.60 Å². The van der Waals surface area contributed by atoms with Crippen LogP contribution in [0.3, 0.4) is 0 Å². The monoisotopic (exact) mass is 354 g/mol. The third-order valence-electron chi connectivity index (χ3n) is 4.93. The Morgan fingerprint density at radius 1 is 1.30 bits per heavy atom. The lowest BCUT2D eigenvalue weighted by molar-refractivity contribution is -0.0450. The summed E-state index contributed by atoms with van der Waals surface area (Å²) >= 11 is 0. The SMILES string of the molecule is B[C@@H]1O[C@H](CC(C)(CC)OP(=O)(O)C(O)(CC)CC)[C@@H](O)[C@H]1F. The second kappa shape index (κ2) is 7.50. The molecule has 9 heteroatoms. The van der Waals surface area contributed by atoms with Crippen molar-refractivity contribution in [2.45, 2.75) is 88.7 Å². The molecule has 0 saturated carbocycles. The molecule has 136 valence electrons. The third kappa shape index (κ3) is 4.36. The second-order valence-electron chi connectivity index (χ2n) is 6.62. The molecule has 23 heavy (non-hydrogen) atoms. The predicted molar refractivity (Wildman–Crippen MR) is 87.9 cm³/mol. The van der Waals surface area contributed by atoms with Crippen molar-refractivity contribution >= 4 is 15.4 Å². The highest BCUT2D eigenvalue weighted by atomic mass is 31.2. The first-order valence-corrected chi connectivity index (χ1v) is 9.76. The van der Waals surface area contributed by atoms with Crippen molar-refractivity contribution in [1.82, 2.24) is 0 Å². The van der Waals surface area contributed by atoms with Crippen molar-refractivity contribution in [1.29, 1.82) is 0 Å². The highest BCUT2D eigenvalue weighted by Gasteiger charge is 2.51. The summed E-state index contributed by atoms with van der Waals surface area (Å²) in [6.45, 7) is 6.58. The second-order valence-corrected chi connectivity index (χ2v) is 8.68. The molecule has 1 saturated heterocycles. The Hall–Kier alpha value is 0.0249. The molecule has 0 radical (unpaired) electrons. The largest absolute Gasteiger partial charge is 0.387 e. The lowest BCUT2D eigenvalue weighted by atomic mass is 9.90. The van der Waals surface area contributed by atoms with Crippen LogP contribution in [0.25, 0.3) is 0 Å². The zero-order valence-corrected chi connectivity index (χ0v) is 15.4. The quantitative estimate of drug-likeness (QED) is 0.449. The van der Waals surface area contributed by atoms with Gasteiger partial charge in [-0.05, 0) is 26.2 Å². The Morgan fingerprint density at radius 2 is 1.83 bits per heavy atom. The molecule has 1 heterocycles. The minimum atomic E-state index is -4.34. The fraction of sp³-hybridized carbons (Fsp3) is 1.00. The maximum absolute atomic E-state index is 13.7. The van der Waals surface area contributed by atoms with Crippen LogP contribution < -0.4 is 0 Å². The zero-order valence-electron chi connectivity index (χ0n) is 14.5. The van der Waals surface area contributed by atoms with E-state index in [2.05, 4.69) is 0 Å². The Labute approximate surface area is 138 Å². The van der Waals surface area contributed by atoms with E-state index in [9.17, 15) is 24.1 Å². The summed E-state index contributed by atoms with van der Waals surface area (Å²) in [5, 5.41) is 18.4. The summed E-state index contributed by atoms with van der Waals surface area (Å²) < 4.78 is 37.1. The first-order chi connectivity index (χ1) is 10.4. The molecule has 0 aromatic heterocycles. The van der Waals surface area contributed by atoms with Crippen LogP contribution in [0.2, 0.25) is 0 Å². The Bertz CT molecular complexity index is 449. The van der Waals surface area contributed by atoms with Gasteiger partial charge in [-0.15, -0.1) is 0 Å². The van der Waals surface area contributed by atoms with Crippen molar-refractivity contribution in [3.63, 3.8) is 0 Å². The number of hydrogen-bond acceptors (Lipinski definition) is 5. The Morgan fingerprint density at radius 3 is 2.17 bits per heavy atom. The molecule has 1 aliphatic rings. The molecule has 6 nitrogen and oxygen atoms in total. The number of aliphatic hydroxyl groups is 2. The summed E-state index contributed by atoms with van der Waals surface area (Å²) in [6.07, 6.45) is -3.06. The summed E-state index contributed by atoms with van der Waals surface area (Å²) in [6, 6.07) is -0.736. The van der Waals surface area contributed by atoms with Crippen LogP contribution in [0.4, 0.5) is 4.39 Å². The van der Waals surface area contributed by atoms with Crippen LogP contribution in [-0.2, 0) is 13.8 Å². The number of hydrogen-bond donors (Lipinski definition) is 3. The van der Waals surface area contributed by atoms with Crippen LogP contribution in [0.5, 0.6) is 0 Å². The predicted octanol–water partition coefficient (Wildman–Crippen LogP) is 1.31. The minimum absolute atomic E-state index is 0.0590. The van der Waals surface area contributed by atoms with Crippen molar-refractivity contribution < 1.29 is 33.3 Å². The molecule has 1 fully saturated rings. The van der Waals surface area contributed by atoms with E-state index >= 15 is 0 Å². The third-order valence-corrected chi connectivity index (χ3v) is 7.30. The van der Waals surface area contributed by atoms with Gasteiger partial charge in [0, 0.05) is 6.42 Å². The first-order valence-electron chi connectivity index (χ1n) is 8.19. The molecule has 2 unspecified atom stereocenters. The zero-order chi connectivity index (χ0) is 18.1. The lowest BCUT2D eigenvalue weighted by Gasteiger charge is -2.38. The average Bonchev–Trinajstić information content (AvgIpc) is 2.72. The minimum Gasteiger partial charge on any atom is -0.387 e. The van der Waals surface area contributed by atoms with E-state index in [1.807, 2.05) is 0 Å². The molecular formula is C14H29BFO6P. The molecule has 6 atom stereocenters. The maximum Gasteiger partial charge on any atom is 0.359 e. The molecule has 0 aromatic rings. The van der Waals surface area contributed by atoms with E-state index in [0.29, 0.717) is 6.42 Å². The van der Waals surface area contributed by atoms with Gasteiger partial charge in [-0.1, -0.05) is 20.8 Å². The highest BCUT2D eigenvalue weighted by Crippen LogP contribution is 2.60. The Balaban J connectivity index is 2.92. The van der Waals surface area contributed by atoms with Crippen molar-refractivity contribution in [2.24, 2.45) is 0 Å². The number of halogens is 1. The average molecular weight is 354 g/mol. The van der Waals surface area contributed by atoms with Gasteiger partial charge < -0.3 is 24.4 Å². The summed E-state index contributed by atoms with van der Waals surface area (Å²) in [4.78, 5) is 10.2. The molecule has 1 rings (SSSR count).